The van der Waals surface area contributed by atoms with Crippen molar-refractivity contribution in [2.24, 2.45) is 5.92 Å². The summed E-state index contributed by atoms with van der Waals surface area (Å²) in [5.41, 5.74) is 2.42. The Balaban J connectivity index is 1.98. The molecule has 1 fully saturated rings. The lowest BCUT2D eigenvalue weighted by molar-refractivity contribution is -0.143. The molecule has 0 aliphatic carbocycles. The van der Waals surface area contributed by atoms with E-state index in [1.54, 1.807) is 0 Å². The van der Waals surface area contributed by atoms with Crippen molar-refractivity contribution in [3.8, 4) is 0 Å². The normalized spacial score (nSPS) is 22.6. The number of hydrogen-bond donors (Lipinski definition) is 0. The van der Waals surface area contributed by atoms with Gasteiger partial charge in [0, 0.05) is 6.04 Å². The number of carbonyl (C=O) groups is 1. The molecule has 1 saturated heterocycles. The van der Waals surface area contributed by atoms with E-state index < -0.39 is 0 Å². The van der Waals surface area contributed by atoms with Crippen LogP contribution in [-0.4, -0.2) is 29.6 Å². The number of hydrogen-bond acceptors (Lipinski definition) is 3. The Morgan fingerprint density at radius 3 is 1.92 bits per heavy atom. The monoisotopic (exact) mass is 323 g/mol. The molecule has 0 bridgehead atoms. The molecule has 1 aliphatic heterocycles. The summed E-state index contributed by atoms with van der Waals surface area (Å²) in [5, 5.41) is 0. The first-order valence-corrected chi connectivity index (χ1v) is 8.69. The Morgan fingerprint density at radius 1 is 1.00 bits per heavy atom. The lowest BCUT2D eigenvalue weighted by atomic mass is 9.98. The first-order chi connectivity index (χ1) is 11.6. The zero-order valence-corrected chi connectivity index (χ0v) is 14.6. The highest BCUT2D eigenvalue weighted by molar-refractivity contribution is 5.80. The fraction of sp³-hybridized carbons (Fsp3) is 0.381. The molecule has 0 saturated carbocycles. The highest BCUT2D eigenvalue weighted by Gasteiger charge is 2.58. The highest BCUT2D eigenvalue weighted by atomic mass is 16.5. The Labute approximate surface area is 144 Å². The molecule has 126 valence electrons. The van der Waals surface area contributed by atoms with Gasteiger partial charge in [0.1, 0.15) is 6.04 Å². The maximum Gasteiger partial charge on any atom is 0.325 e. The van der Waals surface area contributed by atoms with Crippen LogP contribution >= 0.6 is 0 Å². The van der Waals surface area contributed by atoms with Crippen LogP contribution in [0.3, 0.4) is 0 Å². The highest BCUT2D eigenvalue weighted by Crippen LogP contribution is 2.46. The second-order valence-electron chi connectivity index (χ2n) is 6.60. The number of benzene rings is 2. The third kappa shape index (κ3) is 3.22. The fourth-order valence-corrected chi connectivity index (χ4v) is 3.60. The second-order valence-corrected chi connectivity index (χ2v) is 6.60. The van der Waals surface area contributed by atoms with Crippen molar-refractivity contribution in [3.05, 3.63) is 71.8 Å². The third-order valence-corrected chi connectivity index (χ3v) is 4.64. The van der Waals surface area contributed by atoms with Crippen LogP contribution in [0.15, 0.2) is 60.7 Å². The van der Waals surface area contributed by atoms with Crippen molar-refractivity contribution in [2.45, 2.75) is 38.9 Å². The molecule has 2 aromatic carbocycles. The van der Waals surface area contributed by atoms with E-state index in [1.165, 1.54) is 11.1 Å². The van der Waals surface area contributed by atoms with Crippen molar-refractivity contribution >= 4 is 5.97 Å². The molecule has 3 heteroatoms. The van der Waals surface area contributed by atoms with Gasteiger partial charge in [-0.15, -0.1) is 0 Å². The molecule has 0 radical (unpaired) electrons. The first-order valence-electron chi connectivity index (χ1n) is 8.69. The number of rotatable bonds is 6. The van der Waals surface area contributed by atoms with Gasteiger partial charge in [0.15, 0.2) is 0 Å². The van der Waals surface area contributed by atoms with Crippen molar-refractivity contribution in [3.63, 3.8) is 0 Å². The van der Waals surface area contributed by atoms with Gasteiger partial charge < -0.3 is 4.74 Å². The summed E-state index contributed by atoms with van der Waals surface area (Å²) < 4.78 is 5.32. The topological polar surface area (TPSA) is 29.3 Å². The molecule has 1 unspecified atom stereocenters. The number of ether oxygens (including phenoxy) is 1. The van der Waals surface area contributed by atoms with Gasteiger partial charge in [-0.05, 0) is 24.0 Å². The summed E-state index contributed by atoms with van der Waals surface area (Å²) in [4.78, 5) is 14.7. The second kappa shape index (κ2) is 7.18. The molecular weight excluding hydrogens is 298 g/mol. The molecule has 1 heterocycles. The summed E-state index contributed by atoms with van der Waals surface area (Å²) in [5.74, 6) is 0.294. The Hall–Kier alpha value is -2.13. The minimum Gasteiger partial charge on any atom is -0.465 e. The van der Waals surface area contributed by atoms with Gasteiger partial charge >= 0.3 is 5.97 Å². The maximum atomic E-state index is 12.4. The van der Waals surface area contributed by atoms with Crippen LogP contribution in [0.1, 0.15) is 37.9 Å². The molecule has 24 heavy (non-hydrogen) atoms. The summed E-state index contributed by atoms with van der Waals surface area (Å²) in [6, 6.07) is 20.9. The van der Waals surface area contributed by atoms with Crippen LogP contribution in [0.4, 0.5) is 0 Å². The average molecular weight is 323 g/mol. The number of carbonyl (C=O) groups excluding carboxylic acids is 1. The minimum absolute atomic E-state index is 0.0780. The van der Waals surface area contributed by atoms with Crippen LogP contribution in [0, 0.1) is 5.92 Å². The predicted molar refractivity (Wildman–Crippen MR) is 95.6 cm³/mol. The summed E-state index contributed by atoms with van der Waals surface area (Å²) in [6.45, 7) is 6.63. The molecule has 3 rings (SSSR count). The number of esters is 1. The van der Waals surface area contributed by atoms with Crippen molar-refractivity contribution < 1.29 is 9.53 Å². The van der Waals surface area contributed by atoms with Crippen LogP contribution in [0.25, 0.3) is 0 Å². The quantitative estimate of drug-likeness (QED) is 0.593. The van der Waals surface area contributed by atoms with E-state index in [0.29, 0.717) is 12.5 Å². The van der Waals surface area contributed by atoms with E-state index >= 15 is 0 Å². The van der Waals surface area contributed by atoms with Gasteiger partial charge in [-0.1, -0.05) is 74.5 Å². The lowest BCUT2D eigenvalue weighted by Crippen LogP contribution is -2.20. The Morgan fingerprint density at radius 2 is 1.50 bits per heavy atom. The van der Waals surface area contributed by atoms with E-state index in [4.69, 9.17) is 4.74 Å². The molecule has 1 aliphatic rings. The zero-order chi connectivity index (χ0) is 17.1. The van der Waals surface area contributed by atoms with Gasteiger partial charge in [-0.25, -0.2) is 0 Å². The van der Waals surface area contributed by atoms with Crippen LogP contribution in [0.5, 0.6) is 0 Å². The van der Waals surface area contributed by atoms with Gasteiger partial charge in [0.25, 0.3) is 0 Å². The van der Waals surface area contributed by atoms with Crippen LogP contribution in [0.2, 0.25) is 0 Å². The van der Waals surface area contributed by atoms with Crippen molar-refractivity contribution in [2.75, 3.05) is 6.61 Å². The summed E-state index contributed by atoms with van der Waals surface area (Å²) in [6.07, 6.45) is 0. The first kappa shape index (κ1) is 16.7. The number of nitrogens with zero attached hydrogens (tertiary/aromatic N) is 1. The summed E-state index contributed by atoms with van der Waals surface area (Å²) >= 11 is 0. The largest absolute Gasteiger partial charge is 0.465 e. The van der Waals surface area contributed by atoms with Crippen molar-refractivity contribution in [1.82, 2.24) is 4.90 Å². The van der Waals surface area contributed by atoms with E-state index in [1.807, 2.05) is 19.1 Å². The maximum absolute atomic E-state index is 12.4. The van der Waals surface area contributed by atoms with Crippen molar-refractivity contribution in [1.29, 1.82) is 0 Å². The molecule has 2 aromatic rings. The Bertz CT molecular complexity index is 629. The van der Waals surface area contributed by atoms with E-state index in [0.717, 1.165) is 0 Å². The lowest BCUT2D eigenvalue weighted by Gasteiger charge is -2.21. The molecule has 0 aromatic heterocycles. The third-order valence-electron chi connectivity index (χ3n) is 4.64. The molecular formula is C21H25NO2. The fourth-order valence-electron chi connectivity index (χ4n) is 3.60. The predicted octanol–water partition coefficient (Wildman–Crippen LogP) is 4.05. The van der Waals surface area contributed by atoms with Crippen LogP contribution in [-0.2, 0) is 9.53 Å². The van der Waals surface area contributed by atoms with Gasteiger partial charge in [-0.3, -0.25) is 9.69 Å². The Kier molecular flexibility index (Phi) is 5.00. The minimum atomic E-state index is -0.157. The standard InChI is InChI=1S/C21H25NO2/c1-4-24-21(23)20-18(15(2)3)22(20)19(16-11-7-5-8-12-16)17-13-9-6-10-14-17/h5-15,18-20H,4H2,1-3H3/t18-,20+,22?/m0/s1. The summed E-state index contributed by atoms with van der Waals surface area (Å²) in [7, 11) is 0. The van der Waals surface area contributed by atoms with Gasteiger partial charge in [0.05, 0.1) is 12.6 Å². The molecule has 0 amide bonds. The van der Waals surface area contributed by atoms with Crippen LogP contribution < -0.4 is 0 Å². The van der Waals surface area contributed by atoms with Gasteiger partial charge in [0.2, 0.25) is 0 Å². The zero-order valence-electron chi connectivity index (χ0n) is 14.6. The smallest absolute Gasteiger partial charge is 0.325 e. The molecule has 3 nitrogen and oxygen atoms in total. The average Bonchev–Trinajstić information content (AvgIpc) is 3.33. The van der Waals surface area contributed by atoms with E-state index in [9.17, 15) is 4.79 Å². The molecule has 3 atom stereocenters. The molecule has 0 spiro atoms. The molecule has 0 N–H and O–H groups in total. The SMILES string of the molecule is CCOC(=O)[C@H]1[C@H](C(C)C)N1C(c1ccccc1)c1ccccc1. The van der Waals surface area contributed by atoms with E-state index in [-0.39, 0.29) is 24.1 Å². The van der Waals surface area contributed by atoms with Gasteiger partial charge in [-0.2, -0.15) is 0 Å². The van der Waals surface area contributed by atoms with E-state index in [2.05, 4.69) is 67.3 Å².